The van der Waals surface area contributed by atoms with Gasteiger partial charge in [-0.2, -0.15) is 0 Å². The van der Waals surface area contributed by atoms with Crippen LogP contribution in [0.2, 0.25) is 5.02 Å². The molecular formula is C8H8ClNO3. The first-order chi connectivity index (χ1) is 6.04. The van der Waals surface area contributed by atoms with Gasteiger partial charge in [0.1, 0.15) is 11.8 Å². The Bertz CT molecular complexity index is 340. The number of aliphatic carboxylic acids is 1. The van der Waals surface area contributed by atoms with E-state index in [1.54, 1.807) is 0 Å². The molecule has 5 heteroatoms. The highest BCUT2D eigenvalue weighted by Gasteiger charge is 2.18. The van der Waals surface area contributed by atoms with Crippen LogP contribution in [0.25, 0.3) is 0 Å². The van der Waals surface area contributed by atoms with Gasteiger partial charge >= 0.3 is 5.97 Å². The number of carbonyl (C=O) groups is 1. The third-order valence-electron chi connectivity index (χ3n) is 1.61. The Labute approximate surface area is 79.6 Å². The molecule has 0 heterocycles. The van der Waals surface area contributed by atoms with Crippen LogP contribution in [0.15, 0.2) is 18.2 Å². The van der Waals surface area contributed by atoms with E-state index in [2.05, 4.69) is 0 Å². The molecule has 13 heavy (non-hydrogen) atoms. The summed E-state index contributed by atoms with van der Waals surface area (Å²) in [6.07, 6.45) is 0. The number of aromatic hydroxyl groups is 1. The van der Waals surface area contributed by atoms with Crippen molar-refractivity contribution in [2.75, 3.05) is 0 Å². The molecule has 1 atom stereocenters. The van der Waals surface area contributed by atoms with Crippen molar-refractivity contribution < 1.29 is 15.0 Å². The first kappa shape index (κ1) is 9.83. The lowest BCUT2D eigenvalue weighted by Gasteiger charge is -2.09. The molecule has 70 valence electrons. The molecular weight excluding hydrogens is 194 g/mol. The number of halogens is 1. The predicted molar refractivity (Wildman–Crippen MR) is 47.7 cm³/mol. The monoisotopic (exact) mass is 201 g/mol. The molecule has 4 N–H and O–H groups in total. The van der Waals surface area contributed by atoms with E-state index in [4.69, 9.17) is 27.5 Å². The Hall–Kier alpha value is -1.26. The zero-order valence-electron chi connectivity index (χ0n) is 6.57. The largest absolute Gasteiger partial charge is 0.506 e. The summed E-state index contributed by atoms with van der Waals surface area (Å²) in [5.74, 6) is -1.36. The lowest BCUT2D eigenvalue weighted by atomic mass is 10.1. The maximum atomic E-state index is 10.5. The van der Waals surface area contributed by atoms with Crippen LogP contribution in [0, 0.1) is 0 Å². The molecule has 0 aliphatic rings. The first-order valence-electron chi connectivity index (χ1n) is 3.50. The number of benzene rings is 1. The number of carboxylic acids is 1. The maximum Gasteiger partial charge on any atom is 0.325 e. The third-order valence-corrected chi connectivity index (χ3v) is 2.02. The second-order valence-electron chi connectivity index (χ2n) is 2.50. The minimum Gasteiger partial charge on any atom is -0.506 e. The number of carboxylic acid groups (broad SMARTS) is 1. The molecule has 0 radical (unpaired) electrons. The zero-order valence-corrected chi connectivity index (χ0v) is 7.32. The molecule has 0 fully saturated rings. The summed E-state index contributed by atoms with van der Waals surface area (Å²) in [4.78, 5) is 10.5. The van der Waals surface area contributed by atoms with Crippen LogP contribution in [0.1, 0.15) is 11.6 Å². The van der Waals surface area contributed by atoms with E-state index in [-0.39, 0.29) is 16.3 Å². The number of nitrogens with two attached hydrogens (primary N) is 1. The maximum absolute atomic E-state index is 10.5. The standard InChI is InChI=1S/C8H8ClNO3/c9-6-4(7(10)8(12)13)2-1-3-5(6)11/h1-3,7,11H,10H2,(H,12,13)/t7-/m0/s1. The van der Waals surface area contributed by atoms with Crippen LogP contribution in [-0.2, 0) is 4.79 Å². The molecule has 0 bridgehead atoms. The topological polar surface area (TPSA) is 83.6 Å². The van der Waals surface area contributed by atoms with Crippen LogP contribution in [-0.4, -0.2) is 16.2 Å². The van der Waals surface area contributed by atoms with Gasteiger partial charge in [0.15, 0.2) is 0 Å². The van der Waals surface area contributed by atoms with Gasteiger partial charge in [-0.3, -0.25) is 4.79 Å². The van der Waals surface area contributed by atoms with Crippen molar-refractivity contribution in [2.45, 2.75) is 6.04 Å². The Kier molecular flexibility index (Phi) is 2.75. The van der Waals surface area contributed by atoms with E-state index >= 15 is 0 Å². The van der Waals surface area contributed by atoms with Crippen molar-refractivity contribution in [3.8, 4) is 5.75 Å². The molecule has 1 rings (SSSR count). The van der Waals surface area contributed by atoms with Gasteiger partial charge in [0.05, 0.1) is 5.02 Å². The lowest BCUT2D eigenvalue weighted by molar-refractivity contribution is -0.138. The van der Waals surface area contributed by atoms with E-state index in [1.165, 1.54) is 18.2 Å². The van der Waals surface area contributed by atoms with Crippen LogP contribution in [0.4, 0.5) is 0 Å². The van der Waals surface area contributed by atoms with Gasteiger partial charge in [-0.1, -0.05) is 23.7 Å². The van der Waals surface area contributed by atoms with Crippen molar-refractivity contribution in [1.29, 1.82) is 0 Å². The van der Waals surface area contributed by atoms with Crippen LogP contribution < -0.4 is 5.73 Å². The molecule has 0 spiro atoms. The number of hydrogen-bond acceptors (Lipinski definition) is 3. The summed E-state index contributed by atoms with van der Waals surface area (Å²) in [5.41, 5.74) is 5.52. The van der Waals surface area contributed by atoms with Crippen LogP contribution in [0.3, 0.4) is 0 Å². The number of hydrogen-bond donors (Lipinski definition) is 3. The van der Waals surface area contributed by atoms with Crippen molar-refractivity contribution in [3.63, 3.8) is 0 Å². The molecule has 0 aliphatic heterocycles. The summed E-state index contributed by atoms with van der Waals surface area (Å²) in [6.45, 7) is 0. The van der Waals surface area contributed by atoms with E-state index < -0.39 is 12.0 Å². The van der Waals surface area contributed by atoms with Crippen molar-refractivity contribution in [2.24, 2.45) is 5.73 Å². The minimum atomic E-state index is -1.21. The van der Waals surface area contributed by atoms with Gasteiger partial charge in [0, 0.05) is 5.56 Å². The summed E-state index contributed by atoms with van der Waals surface area (Å²) in [5, 5.41) is 17.7. The fraction of sp³-hybridized carbons (Fsp3) is 0.125. The molecule has 0 saturated heterocycles. The molecule has 0 aliphatic carbocycles. The van der Waals surface area contributed by atoms with E-state index in [9.17, 15) is 4.79 Å². The van der Waals surface area contributed by atoms with Crippen LogP contribution >= 0.6 is 11.6 Å². The van der Waals surface area contributed by atoms with Gasteiger partial charge in [-0.15, -0.1) is 0 Å². The fourth-order valence-electron chi connectivity index (χ4n) is 0.910. The van der Waals surface area contributed by atoms with Crippen LogP contribution in [0.5, 0.6) is 5.75 Å². The van der Waals surface area contributed by atoms with Gasteiger partial charge in [-0.05, 0) is 6.07 Å². The quantitative estimate of drug-likeness (QED) is 0.670. The Morgan fingerprint density at radius 1 is 1.54 bits per heavy atom. The van der Waals surface area contributed by atoms with Crippen molar-refractivity contribution >= 4 is 17.6 Å². The SMILES string of the molecule is N[C@H](C(=O)O)c1cccc(O)c1Cl. The molecule has 0 unspecified atom stereocenters. The molecule has 0 aromatic heterocycles. The second-order valence-corrected chi connectivity index (χ2v) is 2.87. The van der Waals surface area contributed by atoms with Gasteiger partial charge in [0.2, 0.25) is 0 Å². The zero-order chi connectivity index (χ0) is 10.0. The molecule has 0 saturated carbocycles. The Morgan fingerprint density at radius 2 is 2.15 bits per heavy atom. The molecule has 1 aromatic carbocycles. The lowest BCUT2D eigenvalue weighted by Crippen LogP contribution is -2.20. The Balaban J connectivity index is 3.15. The van der Waals surface area contributed by atoms with Crippen molar-refractivity contribution in [3.05, 3.63) is 28.8 Å². The molecule has 1 aromatic rings. The summed E-state index contributed by atoms with van der Waals surface area (Å²) in [6, 6.07) is 3.10. The summed E-state index contributed by atoms with van der Waals surface area (Å²) < 4.78 is 0. The van der Waals surface area contributed by atoms with Gasteiger partial charge in [0.25, 0.3) is 0 Å². The third kappa shape index (κ3) is 1.91. The minimum absolute atomic E-state index is 0.0163. The highest BCUT2D eigenvalue weighted by atomic mass is 35.5. The summed E-state index contributed by atoms with van der Waals surface area (Å²) in [7, 11) is 0. The number of phenolic OH excluding ortho intramolecular Hbond substituents is 1. The highest BCUT2D eigenvalue weighted by Crippen LogP contribution is 2.29. The van der Waals surface area contributed by atoms with Crippen molar-refractivity contribution in [1.82, 2.24) is 0 Å². The summed E-state index contributed by atoms with van der Waals surface area (Å²) >= 11 is 5.64. The first-order valence-corrected chi connectivity index (χ1v) is 3.87. The average Bonchev–Trinajstić information content (AvgIpc) is 2.08. The fourth-order valence-corrected chi connectivity index (χ4v) is 1.15. The molecule has 4 nitrogen and oxygen atoms in total. The van der Waals surface area contributed by atoms with E-state index in [1.807, 2.05) is 0 Å². The normalized spacial score (nSPS) is 12.5. The Morgan fingerprint density at radius 3 is 2.69 bits per heavy atom. The number of phenols is 1. The molecule has 0 amide bonds. The predicted octanol–water partition coefficient (Wildman–Crippen LogP) is 1.13. The second kappa shape index (κ2) is 3.64. The average molecular weight is 202 g/mol. The number of rotatable bonds is 2. The van der Waals surface area contributed by atoms with E-state index in [0.717, 1.165) is 0 Å². The van der Waals surface area contributed by atoms with Gasteiger partial charge < -0.3 is 15.9 Å². The smallest absolute Gasteiger partial charge is 0.325 e. The van der Waals surface area contributed by atoms with Gasteiger partial charge in [-0.25, -0.2) is 0 Å². The highest BCUT2D eigenvalue weighted by molar-refractivity contribution is 6.33. The van der Waals surface area contributed by atoms with E-state index in [0.29, 0.717) is 0 Å².